The van der Waals surface area contributed by atoms with Crippen molar-refractivity contribution in [3.8, 4) is 17.9 Å². The van der Waals surface area contributed by atoms with Crippen LogP contribution in [0.15, 0.2) is 36.4 Å². The number of rotatable bonds is 7. The Kier molecular flexibility index (Phi) is 9.57. The van der Waals surface area contributed by atoms with Gasteiger partial charge in [-0.1, -0.05) is 82.6 Å². The molecule has 0 aliphatic heterocycles. The summed E-state index contributed by atoms with van der Waals surface area (Å²) < 4.78 is 0. The molecule has 0 atom stereocenters. The highest BCUT2D eigenvalue weighted by Crippen LogP contribution is 2.37. The molecule has 0 N–H and O–H groups in total. The molecule has 2 aliphatic rings. The lowest BCUT2D eigenvalue weighted by atomic mass is 9.75. The lowest BCUT2D eigenvalue weighted by Crippen LogP contribution is -2.17. The van der Waals surface area contributed by atoms with Gasteiger partial charge in [-0.05, 0) is 79.7 Å². The molecular formula is C29H39N. The fraction of sp³-hybridized carbons (Fsp3) is 0.621. The average molecular weight is 402 g/mol. The van der Waals surface area contributed by atoms with Crippen molar-refractivity contribution in [2.75, 3.05) is 0 Å². The minimum absolute atomic E-state index is 0.688. The predicted octanol–water partition coefficient (Wildman–Crippen LogP) is 8.05. The Morgan fingerprint density at radius 3 is 1.90 bits per heavy atom. The Labute approximate surface area is 185 Å². The van der Waals surface area contributed by atoms with Gasteiger partial charge >= 0.3 is 0 Å². The number of hydrogen-bond donors (Lipinski definition) is 0. The Hall–Kier alpha value is -1.99. The van der Waals surface area contributed by atoms with Gasteiger partial charge in [0.05, 0.1) is 11.6 Å². The molecule has 2 aliphatic carbocycles. The van der Waals surface area contributed by atoms with E-state index in [1.165, 1.54) is 83.5 Å². The van der Waals surface area contributed by atoms with Crippen molar-refractivity contribution < 1.29 is 0 Å². The molecule has 0 saturated heterocycles. The fourth-order valence-electron chi connectivity index (χ4n) is 5.38. The molecule has 160 valence electrons. The highest BCUT2D eigenvalue weighted by Gasteiger charge is 2.23. The maximum absolute atomic E-state index is 8.84. The SMILES string of the molecule is CCCCC1CCC(CCC2CCC(/C=C/C#Cc3ccc(C#N)cc3)CC2)CC1. The van der Waals surface area contributed by atoms with Crippen LogP contribution in [-0.2, 0) is 0 Å². The van der Waals surface area contributed by atoms with Crippen LogP contribution in [0.4, 0.5) is 0 Å². The van der Waals surface area contributed by atoms with Crippen molar-refractivity contribution in [1.29, 1.82) is 5.26 Å². The zero-order valence-corrected chi connectivity index (χ0v) is 18.9. The van der Waals surface area contributed by atoms with E-state index in [2.05, 4.69) is 30.9 Å². The first-order valence-electron chi connectivity index (χ1n) is 12.4. The normalized spacial score (nSPS) is 26.7. The molecule has 1 aromatic rings. The molecule has 0 aromatic heterocycles. The van der Waals surface area contributed by atoms with Gasteiger partial charge in [0.15, 0.2) is 0 Å². The summed E-state index contributed by atoms with van der Waals surface area (Å²) in [5.41, 5.74) is 1.66. The average Bonchev–Trinajstić information content (AvgIpc) is 2.81. The molecule has 1 nitrogen and oxygen atoms in total. The van der Waals surface area contributed by atoms with Crippen molar-refractivity contribution in [3.05, 3.63) is 47.5 Å². The van der Waals surface area contributed by atoms with Crippen molar-refractivity contribution in [3.63, 3.8) is 0 Å². The van der Waals surface area contributed by atoms with Crippen LogP contribution in [0.25, 0.3) is 0 Å². The zero-order valence-electron chi connectivity index (χ0n) is 18.9. The Bertz CT molecular complexity index is 738. The summed E-state index contributed by atoms with van der Waals surface area (Å²) in [7, 11) is 0. The number of nitrogens with zero attached hydrogens (tertiary/aromatic N) is 1. The molecule has 0 unspecified atom stereocenters. The van der Waals surface area contributed by atoms with Crippen molar-refractivity contribution in [2.45, 2.75) is 90.4 Å². The maximum atomic E-state index is 8.84. The van der Waals surface area contributed by atoms with Crippen molar-refractivity contribution >= 4 is 0 Å². The molecule has 0 heterocycles. The maximum Gasteiger partial charge on any atom is 0.0991 e. The minimum Gasteiger partial charge on any atom is -0.192 e. The molecule has 0 spiro atoms. The number of benzene rings is 1. The molecule has 3 rings (SSSR count). The van der Waals surface area contributed by atoms with E-state index < -0.39 is 0 Å². The highest BCUT2D eigenvalue weighted by atomic mass is 14.3. The second-order valence-electron chi connectivity index (χ2n) is 9.70. The summed E-state index contributed by atoms with van der Waals surface area (Å²) in [4.78, 5) is 0. The van der Waals surface area contributed by atoms with E-state index >= 15 is 0 Å². The number of unbranched alkanes of at least 4 members (excludes halogenated alkanes) is 1. The summed E-state index contributed by atoms with van der Waals surface area (Å²) in [6.07, 6.45) is 23.1. The predicted molar refractivity (Wildman–Crippen MR) is 127 cm³/mol. The smallest absolute Gasteiger partial charge is 0.0991 e. The van der Waals surface area contributed by atoms with Crippen LogP contribution in [-0.4, -0.2) is 0 Å². The Morgan fingerprint density at radius 2 is 1.33 bits per heavy atom. The van der Waals surface area contributed by atoms with Gasteiger partial charge in [-0.2, -0.15) is 5.26 Å². The summed E-state index contributed by atoms with van der Waals surface area (Å²) in [6, 6.07) is 9.63. The number of hydrogen-bond acceptors (Lipinski definition) is 1. The third-order valence-electron chi connectivity index (χ3n) is 7.49. The lowest BCUT2D eigenvalue weighted by molar-refractivity contribution is 0.220. The van der Waals surface area contributed by atoms with Crippen LogP contribution < -0.4 is 0 Å². The van der Waals surface area contributed by atoms with Gasteiger partial charge < -0.3 is 0 Å². The molecule has 0 bridgehead atoms. The van der Waals surface area contributed by atoms with E-state index in [-0.39, 0.29) is 0 Å². The molecule has 1 heteroatoms. The topological polar surface area (TPSA) is 23.8 Å². The molecule has 1 aromatic carbocycles. The van der Waals surface area contributed by atoms with Crippen LogP contribution in [0.2, 0.25) is 0 Å². The van der Waals surface area contributed by atoms with Crippen LogP contribution in [0.3, 0.4) is 0 Å². The Morgan fingerprint density at radius 1 is 0.800 bits per heavy atom. The largest absolute Gasteiger partial charge is 0.192 e. The third kappa shape index (κ3) is 7.69. The van der Waals surface area contributed by atoms with Gasteiger partial charge in [-0.15, -0.1) is 0 Å². The first-order valence-corrected chi connectivity index (χ1v) is 12.4. The monoisotopic (exact) mass is 401 g/mol. The van der Waals surface area contributed by atoms with Gasteiger partial charge in [0.1, 0.15) is 0 Å². The molecular weight excluding hydrogens is 362 g/mol. The first kappa shape index (κ1) is 22.7. The van der Waals surface area contributed by atoms with E-state index in [1.807, 2.05) is 30.3 Å². The number of nitriles is 1. The van der Waals surface area contributed by atoms with Gasteiger partial charge in [-0.25, -0.2) is 0 Å². The van der Waals surface area contributed by atoms with Gasteiger partial charge in [0.2, 0.25) is 0 Å². The Balaban J connectivity index is 1.30. The van der Waals surface area contributed by atoms with Gasteiger partial charge in [-0.3, -0.25) is 0 Å². The molecule has 0 radical (unpaired) electrons. The van der Waals surface area contributed by atoms with E-state index in [9.17, 15) is 0 Å². The van der Waals surface area contributed by atoms with Gasteiger partial charge in [0, 0.05) is 5.56 Å². The van der Waals surface area contributed by atoms with Crippen LogP contribution in [0, 0.1) is 46.8 Å². The number of allylic oxidation sites excluding steroid dienone is 2. The highest BCUT2D eigenvalue weighted by molar-refractivity contribution is 5.41. The molecule has 0 amide bonds. The van der Waals surface area contributed by atoms with Crippen molar-refractivity contribution in [1.82, 2.24) is 0 Å². The quantitative estimate of drug-likeness (QED) is 0.424. The van der Waals surface area contributed by atoms with Crippen LogP contribution in [0.5, 0.6) is 0 Å². The second kappa shape index (κ2) is 12.6. The standard InChI is InChI=1S/C29H39N/c1-2-3-6-24-9-13-27(14-10-24)17-18-28-15-11-25(12-16-28)7-4-5-8-26-19-21-29(23-30)22-20-26/h4,7,19-22,24-25,27-28H,2-3,6,9-18H2,1H3/b7-4+. The van der Waals surface area contributed by atoms with Gasteiger partial charge in [0.25, 0.3) is 0 Å². The molecule has 30 heavy (non-hydrogen) atoms. The van der Waals surface area contributed by atoms with Crippen molar-refractivity contribution in [2.24, 2.45) is 23.7 Å². The van der Waals surface area contributed by atoms with E-state index in [0.29, 0.717) is 11.5 Å². The second-order valence-corrected chi connectivity index (χ2v) is 9.70. The van der Waals surface area contributed by atoms with Crippen LogP contribution >= 0.6 is 0 Å². The summed E-state index contributed by atoms with van der Waals surface area (Å²) in [5, 5.41) is 8.84. The van der Waals surface area contributed by atoms with E-state index in [0.717, 1.165) is 23.3 Å². The summed E-state index contributed by atoms with van der Waals surface area (Å²) in [6.45, 7) is 2.32. The first-order chi connectivity index (χ1) is 14.8. The third-order valence-corrected chi connectivity index (χ3v) is 7.49. The summed E-state index contributed by atoms with van der Waals surface area (Å²) >= 11 is 0. The zero-order chi connectivity index (χ0) is 21.0. The van der Waals surface area contributed by atoms with E-state index in [4.69, 9.17) is 5.26 Å². The van der Waals surface area contributed by atoms with E-state index in [1.54, 1.807) is 0 Å². The summed E-state index contributed by atoms with van der Waals surface area (Å²) in [5.74, 6) is 10.1. The van der Waals surface area contributed by atoms with Crippen LogP contribution in [0.1, 0.15) is 102 Å². The molecule has 2 saturated carbocycles. The minimum atomic E-state index is 0.688. The fourth-order valence-corrected chi connectivity index (χ4v) is 5.38. The lowest BCUT2D eigenvalue weighted by Gasteiger charge is -2.31. The molecule has 2 fully saturated rings.